The van der Waals surface area contributed by atoms with Gasteiger partial charge in [0.25, 0.3) is 0 Å². The van der Waals surface area contributed by atoms with Crippen LogP contribution in [0.4, 0.5) is 0 Å². The van der Waals surface area contributed by atoms with E-state index in [1.165, 1.54) is 0 Å². The standard InChI is InChI=1S/C9H16O5/c10-5-3-1-2-4-7(9(13)14)6-8(11)12/h7,10H,1-6H2,(H,11,12)(H,13,14). The zero-order chi connectivity index (χ0) is 11.0. The van der Waals surface area contributed by atoms with Gasteiger partial charge in [0.15, 0.2) is 0 Å². The minimum Gasteiger partial charge on any atom is -0.481 e. The SMILES string of the molecule is O=C(O)CC(CCCCCO)C(=O)O. The Hall–Kier alpha value is -1.10. The van der Waals surface area contributed by atoms with Crippen molar-refractivity contribution in [3.8, 4) is 0 Å². The van der Waals surface area contributed by atoms with Crippen LogP contribution in [-0.4, -0.2) is 33.9 Å². The van der Waals surface area contributed by atoms with E-state index in [0.29, 0.717) is 19.3 Å². The number of hydrogen-bond acceptors (Lipinski definition) is 3. The molecule has 0 radical (unpaired) electrons. The summed E-state index contributed by atoms with van der Waals surface area (Å²) in [6.07, 6.45) is 2.06. The normalized spacial score (nSPS) is 12.4. The summed E-state index contributed by atoms with van der Waals surface area (Å²) in [4.78, 5) is 20.9. The molecule has 5 nitrogen and oxygen atoms in total. The van der Waals surface area contributed by atoms with Crippen LogP contribution in [0.3, 0.4) is 0 Å². The smallest absolute Gasteiger partial charge is 0.307 e. The van der Waals surface area contributed by atoms with Crippen LogP contribution in [0.5, 0.6) is 0 Å². The van der Waals surface area contributed by atoms with Gasteiger partial charge in [0, 0.05) is 6.61 Å². The van der Waals surface area contributed by atoms with Gasteiger partial charge in [0.05, 0.1) is 12.3 Å². The fraction of sp³-hybridized carbons (Fsp3) is 0.778. The maximum absolute atomic E-state index is 10.6. The van der Waals surface area contributed by atoms with Crippen LogP contribution >= 0.6 is 0 Å². The molecule has 1 atom stereocenters. The molecule has 82 valence electrons. The Labute approximate surface area is 82.4 Å². The molecule has 0 aromatic rings. The first kappa shape index (κ1) is 12.9. The van der Waals surface area contributed by atoms with Gasteiger partial charge in [-0.05, 0) is 12.8 Å². The average Bonchev–Trinajstić information content (AvgIpc) is 2.09. The second-order valence-electron chi connectivity index (χ2n) is 3.21. The van der Waals surface area contributed by atoms with Crippen molar-refractivity contribution in [2.24, 2.45) is 5.92 Å². The number of aliphatic carboxylic acids is 2. The van der Waals surface area contributed by atoms with E-state index in [0.717, 1.165) is 6.42 Å². The molecule has 0 amide bonds. The van der Waals surface area contributed by atoms with Crippen molar-refractivity contribution in [3.05, 3.63) is 0 Å². The Balaban J connectivity index is 3.74. The number of rotatable bonds is 8. The summed E-state index contributed by atoms with van der Waals surface area (Å²) in [5.74, 6) is -2.94. The maximum atomic E-state index is 10.6. The van der Waals surface area contributed by atoms with E-state index in [2.05, 4.69) is 0 Å². The molecule has 0 aliphatic carbocycles. The van der Waals surface area contributed by atoms with Crippen LogP contribution in [-0.2, 0) is 9.59 Å². The van der Waals surface area contributed by atoms with Crippen LogP contribution in [0.25, 0.3) is 0 Å². The van der Waals surface area contributed by atoms with E-state index in [1.807, 2.05) is 0 Å². The third kappa shape index (κ3) is 6.42. The molecular formula is C9H16O5. The van der Waals surface area contributed by atoms with Crippen LogP contribution in [0.15, 0.2) is 0 Å². The molecule has 0 aliphatic rings. The van der Waals surface area contributed by atoms with Gasteiger partial charge in [-0.1, -0.05) is 12.8 Å². The van der Waals surface area contributed by atoms with Gasteiger partial charge in [-0.3, -0.25) is 9.59 Å². The highest BCUT2D eigenvalue weighted by Crippen LogP contribution is 2.14. The Morgan fingerprint density at radius 3 is 2.14 bits per heavy atom. The van der Waals surface area contributed by atoms with E-state index >= 15 is 0 Å². The summed E-state index contributed by atoms with van der Waals surface area (Å²) in [7, 11) is 0. The third-order valence-electron chi connectivity index (χ3n) is 1.98. The van der Waals surface area contributed by atoms with Crippen LogP contribution in [0.1, 0.15) is 32.1 Å². The topological polar surface area (TPSA) is 94.8 Å². The van der Waals surface area contributed by atoms with Crippen LogP contribution in [0, 0.1) is 5.92 Å². The summed E-state index contributed by atoms with van der Waals surface area (Å²) < 4.78 is 0. The number of hydrogen-bond donors (Lipinski definition) is 3. The van der Waals surface area contributed by atoms with Gasteiger partial charge in [-0.2, -0.15) is 0 Å². The average molecular weight is 204 g/mol. The minimum atomic E-state index is -1.08. The summed E-state index contributed by atoms with van der Waals surface area (Å²) in [6, 6.07) is 0. The lowest BCUT2D eigenvalue weighted by atomic mass is 9.98. The van der Waals surface area contributed by atoms with E-state index in [4.69, 9.17) is 15.3 Å². The summed E-state index contributed by atoms with van der Waals surface area (Å²) in [5.41, 5.74) is 0. The van der Waals surface area contributed by atoms with Crippen molar-refractivity contribution >= 4 is 11.9 Å². The molecule has 1 unspecified atom stereocenters. The van der Waals surface area contributed by atoms with Crippen LogP contribution in [0.2, 0.25) is 0 Å². The van der Waals surface area contributed by atoms with Gasteiger partial charge in [0.1, 0.15) is 0 Å². The molecule has 0 saturated heterocycles. The molecule has 14 heavy (non-hydrogen) atoms. The predicted octanol–water partition coefficient (Wildman–Crippen LogP) is 0.715. The number of carboxylic acids is 2. The second-order valence-corrected chi connectivity index (χ2v) is 3.21. The summed E-state index contributed by atoms with van der Waals surface area (Å²) in [6.45, 7) is 0.0939. The number of aliphatic hydroxyl groups excluding tert-OH is 1. The highest BCUT2D eigenvalue weighted by atomic mass is 16.4. The molecule has 0 fully saturated rings. The Morgan fingerprint density at radius 1 is 1.07 bits per heavy atom. The molecule has 0 bridgehead atoms. The van der Waals surface area contributed by atoms with Gasteiger partial charge in [-0.15, -0.1) is 0 Å². The maximum Gasteiger partial charge on any atom is 0.307 e. The molecule has 5 heteroatoms. The highest BCUT2D eigenvalue weighted by Gasteiger charge is 2.19. The largest absolute Gasteiger partial charge is 0.481 e. The molecule has 0 spiro atoms. The molecule has 0 aromatic carbocycles. The number of aliphatic hydroxyl groups is 1. The lowest BCUT2D eigenvalue weighted by molar-refractivity contribution is -0.148. The van der Waals surface area contributed by atoms with Gasteiger partial charge in [0.2, 0.25) is 0 Å². The molecule has 0 heterocycles. The van der Waals surface area contributed by atoms with Crippen molar-refractivity contribution in [1.82, 2.24) is 0 Å². The van der Waals surface area contributed by atoms with Gasteiger partial charge >= 0.3 is 11.9 Å². The molecule has 0 rings (SSSR count). The van der Waals surface area contributed by atoms with Crippen molar-refractivity contribution in [1.29, 1.82) is 0 Å². The molecule has 0 aliphatic heterocycles. The first-order chi connectivity index (χ1) is 6.57. The molecular weight excluding hydrogens is 188 g/mol. The Bertz CT molecular complexity index is 190. The number of unbranched alkanes of at least 4 members (excludes halogenated alkanes) is 2. The first-order valence-electron chi connectivity index (χ1n) is 4.63. The summed E-state index contributed by atoms with van der Waals surface area (Å²) >= 11 is 0. The summed E-state index contributed by atoms with van der Waals surface area (Å²) in [5, 5.41) is 25.6. The zero-order valence-corrected chi connectivity index (χ0v) is 7.98. The Kier molecular flexibility index (Phi) is 6.74. The number of carboxylic acid groups (broad SMARTS) is 2. The van der Waals surface area contributed by atoms with Gasteiger partial charge < -0.3 is 15.3 Å². The molecule has 0 saturated carbocycles. The van der Waals surface area contributed by atoms with Crippen molar-refractivity contribution < 1.29 is 24.9 Å². The quantitative estimate of drug-likeness (QED) is 0.506. The van der Waals surface area contributed by atoms with Gasteiger partial charge in [-0.25, -0.2) is 0 Å². The molecule has 3 N–H and O–H groups in total. The first-order valence-corrected chi connectivity index (χ1v) is 4.63. The monoisotopic (exact) mass is 204 g/mol. The van der Waals surface area contributed by atoms with E-state index in [1.54, 1.807) is 0 Å². The lowest BCUT2D eigenvalue weighted by Crippen LogP contribution is -2.17. The fourth-order valence-electron chi connectivity index (χ4n) is 1.20. The zero-order valence-electron chi connectivity index (χ0n) is 7.98. The Morgan fingerprint density at radius 2 is 1.71 bits per heavy atom. The van der Waals surface area contributed by atoms with E-state index in [-0.39, 0.29) is 13.0 Å². The number of carbonyl (C=O) groups is 2. The van der Waals surface area contributed by atoms with E-state index < -0.39 is 17.9 Å². The van der Waals surface area contributed by atoms with E-state index in [9.17, 15) is 9.59 Å². The van der Waals surface area contributed by atoms with Crippen molar-refractivity contribution in [2.75, 3.05) is 6.61 Å². The fourth-order valence-corrected chi connectivity index (χ4v) is 1.20. The third-order valence-corrected chi connectivity index (χ3v) is 1.98. The second kappa shape index (κ2) is 7.32. The van der Waals surface area contributed by atoms with Crippen molar-refractivity contribution in [2.45, 2.75) is 32.1 Å². The highest BCUT2D eigenvalue weighted by molar-refractivity contribution is 5.77. The molecule has 0 aromatic heterocycles. The lowest BCUT2D eigenvalue weighted by Gasteiger charge is -2.08. The minimum absolute atomic E-state index is 0.0939. The van der Waals surface area contributed by atoms with Crippen LogP contribution < -0.4 is 0 Å². The predicted molar refractivity (Wildman–Crippen MR) is 48.9 cm³/mol. The van der Waals surface area contributed by atoms with Crippen molar-refractivity contribution in [3.63, 3.8) is 0 Å².